The second-order valence-corrected chi connectivity index (χ2v) is 17.9. The van der Waals surface area contributed by atoms with Gasteiger partial charge in [-0.25, -0.2) is 38.2 Å². The summed E-state index contributed by atoms with van der Waals surface area (Å²) < 4.78 is 16.6. The average molecular weight is 1240 g/mol. The predicted octanol–water partition coefficient (Wildman–Crippen LogP) is 19.6. The van der Waals surface area contributed by atoms with Crippen molar-refractivity contribution in [3.05, 3.63) is 194 Å². The molecule has 0 fully saturated rings. The molecule has 0 atom stereocenters. The van der Waals surface area contributed by atoms with Gasteiger partial charge in [-0.05, 0) is 95.2 Å². The lowest BCUT2D eigenvalue weighted by atomic mass is 10.0. The van der Waals surface area contributed by atoms with E-state index in [4.69, 9.17) is 4.42 Å². The van der Waals surface area contributed by atoms with Gasteiger partial charge < -0.3 is 4.42 Å². The van der Waals surface area contributed by atoms with Crippen molar-refractivity contribution >= 4 is 53.4 Å². The van der Waals surface area contributed by atoms with E-state index in [2.05, 4.69) is 113 Å². The molecule has 12 aromatic rings. The molecule has 0 bridgehead atoms. The summed E-state index contributed by atoms with van der Waals surface area (Å²) in [6, 6.07) is 33.2. The molecule has 0 saturated carbocycles. The summed E-state index contributed by atoms with van der Waals surface area (Å²) in [4.78, 5) is 33.9. The van der Waals surface area contributed by atoms with Gasteiger partial charge in [0.25, 0.3) is 0 Å². The smallest absolute Gasteiger partial charge is 0.348 e. The third-order valence-corrected chi connectivity index (χ3v) is 13.0. The van der Waals surface area contributed by atoms with Crippen molar-refractivity contribution in [2.45, 2.75) is 166 Å². The Morgan fingerprint density at radius 1 is 0.333 bits per heavy atom. The Morgan fingerprint density at radius 3 is 1.20 bits per heavy atom. The Bertz CT molecular complexity index is 3480. The normalized spacial score (nSPS) is 9.11. The van der Waals surface area contributed by atoms with E-state index in [1.807, 2.05) is 285 Å². The number of aryl methyl sites for hydroxylation is 8. The van der Waals surface area contributed by atoms with Crippen LogP contribution in [0.1, 0.15) is 161 Å². The summed E-state index contributed by atoms with van der Waals surface area (Å²) in [7, 11) is 7.95. The van der Waals surface area contributed by atoms with Gasteiger partial charge in [0, 0.05) is 73.2 Å². The maximum atomic E-state index is 5.93. The van der Waals surface area contributed by atoms with Gasteiger partial charge in [0.15, 0.2) is 5.69 Å². The molecule has 4 aromatic carbocycles. The van der Waals surface area contributed by atoms with Crippen LogP contribution in [0.15, 0.2) is 176 Å². The average Bonchev–Trinajstić information content (AvgIpc) is 1.62. The van der Waals surface area contributed by atoms with E-state index < -0.39 is 0 Å². The Balaban J connectivity index is 0. The number of para-hydroxylation sites is 1. The molecule has 12 rings (SSSR count). The molecule has 0 unspecified atom stereocenters. The van der Waals surface area contributed by atoms with Gasteiger partial charge in [0.05, 0.1) is 69.8 Å². The van der Waals surface area contributed by atoms with Crippen LogP contribution in [0.25, 0.3) is 87.8 Å². The quantitative estimate of drug-likeness (QED) is 0.158. The second-order valence-electron chi connectivity index (χ2n) is 16.8. The number of hydrogen-bond acceptors (Lipinski definition) is 10. The zero-order chi connectivity index (χ0) is 68.7. The van der Waals surface area contributed by atoms with Crippen LogP contribution < -0.4 is 18.3 Å². The molecule has 13 nitrogen and oxygen atoms in total. The lowest BCUT2D eigenvalue weighted by molar-refractivity contribution is -0.663. The fraction of sp³-hybridized carbons (Fsp3) is 0.368. The van der Waals surface area contributed by atoms with E-state index in [0.717, 1.165) is 78.9 Å². The van der Waals surface area contributed by atoms with Crippen molar-refractivity contribution in [2.75, 3.05) is 0 Å². The lowest BCUT2D eigenvalue weighted by Crippen LogP contribution is -2.31. The van der Waals surface area contributed by atoms with E-state index in [9.17, 15) is 0 Å². The van der Waals surface area contributed by atoms with Crippen LogP contribution in [0, 0.1) is 27.7 Å². The van der Waals surface area contributed by atoms with Crippen LogP contribution in [0.2, 0.25) is 0 Å². The maximum Gasteiger partial charge on any atom is 0.348 e. The van der Waals surface area contributed by atoms with Crippen LogP contribution in [-0.2, 0) is 28.2 Å². The highest BCUT2D eigenvalue weighted by Crippen LogP contribution is 2.37. The molecule has 0 spiro atoms. The number of hydrogen-bond donors (Lipinski definition) is 0. The first-order valence-corrected chi connectivity index (χ1v) is 33.5. The Labute approximate surface area is 547 Å². The molecule has 0 aliphatic rings. The molecule has 0 N–H and O–H groups in total. The van der Waals surface area contributed by atoms with Gasteiger partial charge >= 0.3 is 23.3 Å². The van der Waals surface area contributed by atoms with Crippen molar-refractivity contribution < 1.29 is 22.7 Å². The second kappa shape index (κ2) is 49.3. The van der Waals surface area contributed by atoms with Crippen molar-refractivity contribution in [1.29, 1.82) is 0 Å². The third-order valence-electron chi connectivity index (χ3n) is 11.9. The van der Waals surface area contributed by atoms with E-state index in [-0.39, 0.29) is 0 Å². The minimum absolute atomic E-state index is 0.854. The first kappa shape index (κ1) is 83.4. The third kappa shape index (κ3) is 23.7. The fourth-order valence-electron chi connectivity index (χ4n) is 8.25. The minimum atomic E-state index is 0.854. The molecule has 0 radical (unpaired) electrons. The highest BCUT2D eigenvalue weighted by molar-refractivity contribution is 7.25. The number of benzene rings is 4. The molecular weight excluding hydrogens is 1130 g/mol. The molecular formula is C76H112N12OS+4. The van der Waals surface area contributed by atoms with Crippen molar-refractivity contribution in [3.63, 3.8) is 0 Å². The molecule has 0 aliphatic heterocycles. The Kier molecular flexibility index (Phi) is 45.7. The number of fused-ring (bicyclic) bond motifs is 6. The van der Waals surface area contributed by atoms with E-state index >= 15 is 0 Å². The Hall–Kier alpha value is -8.62. The maximum absolute atomic E-state index is 5.93. The number of aromatic nitrogens is 12. The summed E-state index contributed by atoms with van der Waals surface area (Å²) in [6.45, 7) is 48.2. The molecule has 0 saturated heterocycles. The van der Waals surface area contributed by atoms with Gasteiger partial charge in [-0.2, -0.15) is 0 Å². The first-order chi connectivity index (χ1) is 44.0. The monoisotopic (exact) mass is 1240 g/mol. The summed E-state index contributed by atoms with van der Waals surface area (Å²) in [5.74, 6) is 3.70. The van der Waals surface area contributed by atoms with Crippen molar-refractivity contribution in [1.82, 2.24) is 39.9 Å². The molecule has 8 aromatic heterocycles. The van der Waals surface area contributed by atoms with Crippen molar-refractivity contribution in [3.8, 4) is 45.7 Å². The van der Waals surface area contributed by atoms with Crippen LogP contribution in [0.3, 0.4) is 0 Å². The molecule has 14 heteroatoms. The fourth-order valence-corrected chi connectivity index (χ4v) is 9.44. The number of thiophene rings is 1. The molecule has 0 aliphatic carbocycles. The first-order valence-electron chi connectivity index (χ1n) is 32.7. The largest absolute Gasteiger partial charge is 0.456 e. The molecule has 90 heavy (non-hydrogen) atoms. The summed E-state index contributed by atoms with van der Waals surface area (Å²) in [5, 5.41) is 4.93. The van der Waals surface area contributed by atoms with Crippen LogP contribution in [0.5, 0.6) is 0 Å². The number of nitrogens with zero attached hydrogens (tertiary/aromatic N) is 12. The standard InChI is InChI=1S/C18H15N2O.C18H15N2S.2C10H11N4.10C2H6/c2*1-12-10-17-15(13-6-3-4-7-16(13)21-17)11-14(12)18-19-8-5-9-20(18)2;1-8-9(6-11-7-13-8)10-12-4-3-5-14(10)2;1-8-6-11-7-13-9(8)10-12-4-3-5-14(10)2;10*1-2/h2*3-11H,1-2H3;2*3-7H,1-2H3;10*1-2H3/q4*+1;;;;;;;;;;. The van der Waals surface area contributed by atoms with Gasteiger partial charge in [-0.15, -0.1) is 11.3 Å². The Morgan fingerprint density at radius 2 is 0.733 bits per heavy atom. The van der Waals surface area contributed by atoms with E-state index in [0.29, 0.717) is 0 Å². The molecule has 484 valence electrons. The number of furan rings is 1. The van der Waals surface area contributed by atoms with Crippen LogP contribution >= 0.6 is 11.3 Å². The topological polar surface area (TPSA) is 132 Å². The van der Waals surface area contributed by atoms with Gasteiger partial charge in [-0.1, -0.05) is 175 Å². The summed E-state index contributed by atoms with van der Waals surface area (Å²) in [5.41, 5.74) is 10.4. The summed E-state index contributed by atoms with van der Waals surface area (Å²) >= 11 is 1.86. The zero-order valence-electron chi connectivity index (χ0n) is 60.3. The highest BCUT2D eigenvalue weighted by atomic mass is 32.1. The van der Waals surface area contributed by atoms with Gasteiger partial charge in [-0.3, -0.25) is 0 Å². The van der Waals surface area contributed by atoms with Gasteiger partial charge in [0.2, 0.25) is 0 Å². The van der Waals surface area contributed by atoms with Gasteiger partial charge in [0.1, 0.15) is 54.2 Å². The van der Waals surface area contributed by atoms with E-state index in [1.165, 1.54) is 37.6 Å². The summed E-state index contributed by atoms with van der Waals surface area (Å²) in [6.07, 6.45) is 21.8. The van der Waals surface area contributed by atoms with Crippen molar-refractivity contribution in [2.24, 2.45) is 28.2 Å². The minimum Gasteiger partial charge on any atom is -0.456 e. The molecule has 8 heterocycles. The lowest BCUT2D eigenvalue weighted by Gasteiger charge is -2.03. The molecule has 0 amide bonds. The number of rotatable bonds is 4. The van der Waals surface area contributed by atoms with Crippen LogP contribution in [0.4, 0.5) is 0 Å². The highest BCUT2D eigenvalue weighted by Gasteiger charge is 2.20. The SMILES string of the molecule is CC.CC.CC.CC.CC.CC.CC.CC.CC.CC.Cc1cc2oc3ccccc3c2cc1-c1nccc[n+]1C.Cc1cc2sc3ccccc3c2cc1-c1nccc[n+]1C.Cc1cncnc1-c1nccc[n+]1C.Cc1ncncc1-c1nccc[n+]1C. The predicted molar refractivity (Wildman–Crippen MR) is 387 cm³/mol. The zero-order valence-corrected chi connectivity index (χ0v) is 61.2. The van der Waals surface area contributed by atoms with Crippen LogP contribution in [-0.4, -0.2) is 39.9 Å². The van der Waals surface area contributed by atoms with E-state index in [1.54, 1.807) is 31.1 Å².